The zero-order valence-corrected chi connectivity index (χ0v) is 16.2. The van der Waals surface area contributed by atoms with Crippen LogP contribution >= 0.6 is 11.8 Å². The predicted molar refractivity (Wildman–Crippen MR) is 111 cm³/mol. The van der Waals surface area contributed by atoms with Gasteiger partial charge in [0, 0.05) is 6.07 Å². The highest BCUT2D eigenvalue weighted by molar-refractivity contribution is 8.00. The summed E-state index contributed by atoms with van der Waals surface area (Å²) in [6.45, 7) is 0. The molecule has 0 atom stereocenters. The highest BCUT2D eigenvalue weighted by Crippen LogP contribution is 2.36. The molecule has 3 aromatic rings. The third-order valence-electron chi connectivity index (χ3n) is 4.09. The molecule has 0 bridgehead atoms. The van der Waals surface area contributed by atoms with Crippen molar-refractivity contribution in [3.05, 3.63) is 95.6 Å². The molecule has 3 aromatic carbocycles. The van der Waals surface area contributed by atoms with E-state index in [4.69, 9.17) is 14.7 Å². The molecule has 0 aromatic heterocycles. The van der Waals surface area contributed by atoms with E-state index in [9.17, 15) is 4.79 Å². The van der Waals surface area contributed by atoms with E-state index in [-0.39, 0.29) is 17.0 Å². The van der Waals surface area contributed by atoms with E-state index in [1.807, 2.05) is 42.5 Å². The normalized spacial score (nSPS) is 10.3. The smallest absolute Gasteiger partial charge is 0.321 e. The number of rotatable bonds is 7. The van der Waals surface area contributed by atoms with Crippen molar-refractivity contribution in [2.24, 2.45) is 0 Å². The maximum atomic E-state index is 12.4. The lowest BCUT2D eigenvalue weighted by molar-refractivity contribution is -0.131. The molecule has 0 N–H and O–H groups in total. The number of hydrogen-bond donors (Lipinski definition) is 0. The molecule has 0 radical (unpaired) electrons. The maximum Gasteiger partial charge on any atom is 0.321 e. The standard InChI is InChI=1S/C23H19NO3S/c1-26-21-14-17(15-24)12-13-20(21)27-22(25)16-28-23(18-8-4-2-5-9-18)19-10-6-3-7-11-19/h2-14,23H,16H2,1H3. The molecule has 5 heteroatoms. The number of nitriles is 1. The fourth-order valence-electron chi connectivity index (χ4n) is 2.77. The molecule has 3 rings (SSSR count). The lowest BCUT2D eigenvalue weighted by Crippen LogP contribution is -2.13. The van der Waals surface area contributed by atoms with Crippen LogP contribution in [0.1, 0.15) is 21.9 Å². The van der Waals surface area contributed by atoms with E-state index in [0.717, 1.165) is 11.1 Å². The monoisotopic (exact) mass is 389 g/mol. The summed E-state index contributed by atoms with van der Waals surface area (Å²) in [5.74, 6) is 0.477. The zero-order valence-electron chi connectivity index (χ0n) is 15.4. The predicted octanol–water partition coefficient (Wildman–Crippen LogP) is 5.00. The van der Waals surface area contributed by atoms with Crippen LogP contribution < -0.4 is 9.47 Å². The summed E-state index contributed by atoms with van der Waals surface area (Å²) in [5, 5.41) is 9.00. The van der Waals surface area contributed by atoms with E-state index in [0.29, 0.717) is 17.1 Å². The Labute approximate surface area is 168 Å². The Balaban J connectivity index is 1.72. The molecular weight excluding hydrogens is 370 g/mol. The van der Waals surface area contributed by atoms with Crippen molar-refractivity contribution in [3.8, 4) is 17.6 Å². The summed E-state index contributed by atoms with van der Waals surface area (Å²) in [4.78, 5) is 12.4. The zero-order chi connectivity index (χ0) is 19.8. The fraction of sp³-hybridized carbons (Fsp3) is 0.130. The lowest BCUT2D eigenvalue weighted by atomic mass is 10.0. The fourth-order valence-corrected chi connectivity index (χ4v) is 3.83. The minimum Gasteiger partial charge on any atom is -0.493 e. The van der Waals surface area contributed by atoms with E-state index >= 15 is 0 Å². The number of ether oxygens (including phenoxy) is 2. The van der Waals surface area contributed by atoms with Crippen molar-refractivity contribution >= 4 is 17.7 Å². The first-order chi connectivity index (χ1) is 13.7. The van der Waals surface area contributed by atoms with Crippen LogP contribution in [-0.4, -0.2) is 18.8 Å². The van der Waals surface area contributed by atoms with Crippen LogP contribution in [0.2, 0.25) is 0 Å². The summed E-state index contributed by atoms with van der Waals surface area (Å²) >= 11 is 1.51. The SMILES string of the molecule is COc1cc(C#N)ccc1OC(=O)CSC(c1ccccc1)c1ccccc1. The number of carbonyl (C=O) groups is 1. The Morgan fingerprint density at radius 1 is 0.964 bits per heavy atom. The summed E-state index contributed by atoms with van der Waals surface area (Å²) in [6, 6.07) is 26.9. The van der Waals surface area contributed by atoms with Crippen molar-refractivity contribution in [1.82, 2.24) is 0 Å². The minimum absolute atomic E-state index is 0.0258. The van der Waals surface area contributed by atoms with Crippen LogP contribution in [-0.2, 0) is 4.79 Å². The second-order valence-electron chi connectivity index (χ2n) is 5.96. The van der Waals surface area contributed by atoms with Gasteiger partial charge in [0.2, 0.25) is 0 Å². The van der Waals surface area contributed by atoms with Crippen LogP contribution in [0.3, 0.4) is 0 Å². The molecule has 0 fully saturated rings. The Morgan fingerprint density at radius 3 is 2.11 bits per heavy atom. The van der Waals surface area contributed by atoms with E-state index in [1.54, 1.807) is 18.2 Å². The molecule has 0 aliphatic carbocycles. The van der Waals surface area contributed by atoms with Gasteiger partial charge in [-0.3, -0.25) is 4.79 Å². The van der Waals surface area contributed by atoms with Crippen LogP contribution in [0.15, 0.2) is 78.9 Å². The number of thioether (sulfide) groups is 1. The molecule has 28 heavy (non-hydrogen) atoms. The summed E-state index contributed by atoms with van der Waals surface area (Å²) < 4.78 is 10.7. The molecule has 0 amide bonds. The second-order valence-corrected chi connectivity index (χ2v) is 7.06. The molecule has 4 nitrogen and oxygen atoms in total. The van der Waals surface area contributed by atoms with Gasteiger partial charge in [-0.15, -0.1) is 11.8 Å². The Hall–Kier alpha value is -3.23. The quantitative estimate of drug-likeness (QED) is 0.421. The van der Waals surface area contributed by atoms with Gasteiger partial charge < -0.3 is 9.47 Å². The topological polar surface area (TPSA) is 59.3 Å². The largest absolute Gasteiger partial charge is 0.493 e. The van der Waals surface area contributed by atoms with Crippen molar-refractivity contribution in [2.45, 2.75) is 5.25 Å². The van der Waals surface area contributed by atoms with Gasteiger partial charge in [0.15, 0.2) is 11.5 Å². The number of nitrogens with zero attached hydrogens (tertiary/aromatic N) is 1. The van der Waals surface area contributed by atoms with Gasteiger partial charge in [-0.25, -0.2) is 0 Å². The van der Waals surface area contributed by atoms with Gasteiger partial charge in [-0.1, -0.05) is 60.7 Å². The van der Waals surface area contributed by atoms with Crippen molar-refractivity contribution in [1.29, 1.82) is 5.26 Å². The molecule has 0 saturated heterocycles. The van der Waals surface area contributed by atoms with Crippen LogP contribution in [0, 0.1) is 11.3 Å². The molecule has 0 heterocycles. The minimum atomic E-state index is -0.370. The Bertz CT molecular complexity index is 929. The van der Waals surface area contributed by atoms with Gasteiger partial charge in [-0.2, -0.15) is 5.26 Å². The van der Waals surface area contributed by atoms with E-state index in [2.05, 4.69) is 24.3 Å². The van der Waals surface area contributed by atoms with E-state index in [1.165, 1.54) is 18.9 Å². The third-order valence-corrected chi connectivity index (χ3v) is 5.37. The van der Waals surface area contributed by atoms with Crippen LogP contribution in [0.5, 0.6) is 11.5 Å². The van der Waals surface area contributed by atoms with Crippen LogP contribution in [0.4, 0.5) is 0 Å². The average Bonchev–Trinajstić information content (AvgIpc) is 2.75. The van der Waals surface area contributed by atoms with Crippen LogP contribution in [0.25, 0.3) is 0 Å². The van der Waals surface area contributed by atoms with Gasteiger partial charge in [-0.05, 0) is 23.3 Å². The van der Waals surface area contributed by atoms with Gasteiger partial charge in [0.1, 0.15) is 0 Å². The number of hydrogen-bond acceptors (Lipinski definition) is 5. The number of methoxy groups -OCH3 is 1. The van der Waals surface area contributed by atoms with Gasteiger partial charge >= 0.3 is 5.97 Å². The molecule has 0 unspecified atom stereocenters. The molecule has 140 valence electrons. The Kier molecular flexibility index (Phi) is 6.72. The van der Waals surface area contributed by atoms with Crippen molar-refractivity contribution in [2.75, 3.05) is 12.9 Å². The molecule has 0 aliphatic heterocycles. The molecular formula is C23H19NO3S. The summed E-state index contributed by atoms with van der Waals surface area (Å²) in [6.07, 6.45) is 0. The Morgan fingerprint density at radius 2 is 1.57 bits per heavy atom. The van der Waals surface area contributed by atoms with Gasteiger partial charge in [0.25, 0.3) is 0 Å². The second kappa shape index (κ2) is 9.63. The maximum absolute atomic E-state index is 12.4. The number of esters is 1. The lowest BCUT2D eigenvalue weighted by Gasteiger charge is -2.17. The van der Waals surface area contributed by atoms with E-state index < -0.39 is 0 Å². The molecule has 0 aliphatic rings. The highest BCUT2D eigenvalue weighted by atomic mass is 32.2. The summed E-state index contributed by atoms with van der Waals surface area (Å²) in [5.41, 5.74) is 2.70. The third kappa shape index (κ3) is 4.93. The first kappa shape index (κ1) is 19.5. The first-order valence-corrected chi connectivity index (χ1v) is 9.76. The van der Waals surface area contributed by atoms with Crippen molar-refractivity contribution < 1.29 is 14.3 Å². The average molecular weight is 389 g/mol. The summed E-state index contributed by atoms with van der Waals surface area (Å²) in [7, 11) is 1.48. The highest BCUT2D eigenvalue weighted by Gasteiger charge is 2.18. The number of benzene rings is 3. The number of carbonyl (C=O) groups excluding carboxylic acids is 1. The van der Waals surface area contributed by atoms with Crippen molar-refractivity contribution in [3.63, 3.8) is 0 Å². The molecule has 0 spiro atoms. The first-order valence-electron chi connectivity index (χ1n) is 8.71. The van der Waals surface area contributed by atoms with Gasteiger partial charge in [0.05, 0.1) is 29.7 Å². The molecule has 0 saturated carbocycles.